The molecule has 1 N–H and O–H groups in total. The number of aliphatic imine (C=N–C) groups is 1. The zero-order valence-corrected chi connectivity index (χ0v) is 22.0. The Morgan fingerprint density at radius 2 is 1.62 bits per heavy atom. The van der Waals surface area contributed by atoms with E-state index >= 15 is 0 Å². The maximum atomic E-state index is 13.5. The van der Waals surface area contributed by atoms with E-state index in [4.69, 9.17) is 0 Å². The molecule has 0 radical (unpaired) electrons. The Kier molecular flexibility index (Phi) is 15.3. The minimum absolute atomic E-state index is 0. The normalized spacial score (nSPS) is 13.2. The number of hydrogen-bond donors (Lipinski definition) is 1. The van der Waals surface area contributed by atoms with Gasteiger partial charge >= 0.3 is 0 Å². The van der Waals surface area contributed by atoms with Crippen molar-refractivity contribution < 1.29 is 8.78 Å². The minimum atomic E-state index is -0.848. The molecule has 0 fully saturated rings. The highest BCUT2D eigenvalue weighted by molar-refractivity contribution is 5.82. The summed E-state index contributed by atoms with van der Waals surface area (Å²) in [7, 11) is 0. The monoisotopic (exact) mass is 474 g/mol. The molecule has 1 atom stereocenters. The second-order valence-corrected chi connectivity index (χ2v) is 9.24. The van der Waals surface area contributed by atoms with Crippen molar-refractivity contribution in [1.29, 1.82) is 0 Å². The lowest BCUT2D eigenvalue weighted by atomic mass is 10.0. The molecule has 2 aromatic rings. The van der Waals surface area contributed by atoms with Gasteiger partial charge in [-0.05, 0) is 64.3 Å². The van der Waals surface area contributed by atoms with E-state index in [-0.39, 0.29) is 7.43 Å². The average molecular weight is 475 g/mol. The molecule has 192 valence electrons. The lowest BCUT2D eigenvalue weighted by Crippen LogP contribution is -2.26. The van der Waals surface area contributed by atoms with Crippen molar-refractivity contribution >= 4 is 17.0 Å². The van der Waals surface area contributed by atoms with Crippen LogP contribution < -0.4 is 10.6 Å². The summed E-state index contributed by atoms with van der Waals surface area (Å²) in [5.41, 5.74) is 4.43. The number of benzene rings is 1. The van der Waals surface area contributed by atoms with Crippen LogP contribution >= 0.6 is 0 Å². The van der Waals surface area contributed by atoms with Crippen molar-refractivity contribution in [3.8, 4) is 11.3 Å². The lowest BCUT2D eigenvalue weighted by Gasteiger charge is -2.06. The number of aromatic amines is 1. The molecule has 0 saturated carbocycles. The molecule has 4 heteroatoms. The van der Waals surface area contributed by atoms with Crippen LogP contribution in [-0.4, -0.2) is 10.7 Å². The van der Waals surface area contributed by atoms with Gasteiger partial charge in [0.2, 0.25) is 0 Å². The highest BCUT2D eigenvalue weighted by Gasteiger charge is 2.08. The summed E-state index contributed by atoms with van der Waals surface area (Å²) in [4.78, 5) is 7.83. The fraction of sp³-hybridized carbons (Fsp3) is 0.567. The summed E-state index contributed by atoms with van der Waals surface area (Å²) < 4.78 is 26.6. The van der Waals surface area contributed by atoms with E-state index in [0.717, 1.165) is 46.1 Å². The van der Waals surface area contributed by atoms with E-state index in [2.05, 4.69) is 44.6 Å². The zero-order valence-electron chi connectivity index (χ0n) is 22.0. The fourth-order valence-electron chi connectivity index (χ4n) is 3.60. The molecule has 1 heterocycles. The molecule has 1 unspecified atom stereocenters. The van der Waals surface area contributed by atoms with Gasteiger partial charge in [0.1, 0.15) is 0 Å². The predicted octanol–water partition coefficient (Wildman–Crippen LogP) is 8.79. The van der Waals surface area contributed by atoms with Crippen LogP contribution in [0.5, 0.6) is 0 Å². The minimum Gasteiger partial charge on any atom is -0.353 e. The molecule has 1 aromatic carbocycles. The van der Waals surface area contributed by atoms with Gasteiger partial charge in [-0.1, -0.05) is 79.2 Å². The predicted molar refractivity (Wildman–Crippen MR) is 148 cm³/mol. The number of H-pyrrole nitrogens is 1. The highest BCUT2D eigenvalue weighted by Crippen LogP contribution is 2.18. The maximum Gasteiger partial charge on any atom is 0.159 e. The van der Waals surface area contributed by atoms with Crippen molar-refractivity contribution in [2.24, 2.45) is 10.9 Å². The molecule has 2 rings (SSSR count). The number of nitrogens with zero attached hydrogens (tertiary/aromatic N) is 1. The second kappa shape index (κ2) is 16.4. The molecule has 0 aliphatic rings. The van der Waals surface area contributed by atoms with Crippen LogP contribution in [0.2, 0.25) is 0 Å². The zero-order chi connectivity index (χ0) is 25.0. The van der Waals surface area contributed by atoms with Crippen molar-refractivity contribution in [2.75, 3.05) is 0 Å². The molecule has 1 aromatic heterocycles. The fourth-order valence-corrected chi connectivity index (χ4v) is 3.60. The topological polar surface area (TPSA) is 28.1 Å². The van der Waals surface area contributed by atoms with E-state index in [0.29, 0.717) is 5.56 Å². The van der Waals surface area contributed by atoms with Crippen LogP contribution in [0.15, 0.2) is 29.3 Å². The molecule has 34 heavy (non-hydrogen) atoms. The van der Waals surface area contributed by atoms with Gasteiger partial charge in [0.25, 0.3) is 0 Å². The Morgan fingerprint density at radius 3 is 2.15 bits per heavy atom. The molecule has 0 spiro atoms. The summed E-state index contributed by atoms with van der Waals surface area (Å²) in [5.74, 6) is -0.734. The molecule has 0 bridgehead atoms. The van der Waals surface area contributed by atoms with E-state index in [1.807, 2.05) is 26.8 Å². The smallest absolute Gasteiger partial charge is 0.159 e. The van der Waals surface area contributed by atoms with Gasteiger partial charge in [-0.25, -0.2) is 8.78 Å². The molecular weight excluding hydrogens is 426 g/mol. The number of aromatic nitrogens is 1. The third-order valence-corrected chi connectivity index (χ3v) is 6.04. The summed E-state index contributed by atoms with van der Waals surface area (Å²) in [5, 5.41) is 1.99. The first kappa shape index (κ1) is 31.8. The summed E-state index contributed by atoms with van der Waals surface area (Å²) in [6.07, 6.45) is 9.38. The maximum absolute atomic E-state index is 13.5. The highest BCUT2D eigenvalue weighted by atomic mass is 19.2. The van der Waals surface area contributed by atoms with Gasteiger partial charge in [0, 0.05) is 22.2 Å². The number of unbranched alkanes of at least 4 members (excludes halogenated alkanes) is 3. The van der Waals surface area contributed by atoms with Crippen molar-refractivity contribution in [2.45, 2.75) is 108 Å². The largest absolute Gasteiger partial charge is 0.353 e. The van der Waals surface area contributed by atoms with Crippen LogP contribution in [0.3, 0.4) is 0 Å². The summed E-state index contributed by atoms with van der Waals surface area (Å²) in [6.45, 7) is 16.9. The first-order valence-electron chi connectivity index (χ1n) is 12.5. The molecule has 0 aliphatic carbocycles. The number of nitrogens with one attached hydrogen (secondary N) is 1. The first-order chi connectivity index (χ1) is 15.6. The van der Waals surface area contributed by atoms with E-state index in [9.17, 15) is 8.78 Å². The molecule has 0 saturated heterocycles. The number of halogens is 2. The van der Waals surface area contributed by atoms with Crippen LogP contribution in [0.1, 0.15) is 108 Å². The van der Waals surface area contributed by atoms with Crippen LogP contribution in [0, 0.1) is 17.6 Å². The average Bonchev–Trinajstić information content (AvgIpc) is 3.23. The van der Waals surface area contributed by atoms with E-state index in [1.54, 1.807) is 6.07 Å². The first-order valence-corrected chi connectivity index (χ1v) is 12.5. The van der Waals surface area contributed by atoms with E-state index in [1.165, 1.54) is 50.2 Å². The van der Waals surface area contributed by atoms with Gasteiger partial charge < -0.3 is 4.98 Å². The Morgan fingerprint density at radius 1 is 0.941 bits per heavy atom. The Balaban J connectivity index is 0.000000844. The number of rotatable bonds is 9. The van der Waals surface area contributed by atoms with Gasteiger partial charge in [-0.2, -0.15) is 0 Å². The van der Waals surface area contributed by atoms with Crippen molar-refractivity contribution in [3.05, 3.63) is 46.5 Å². The van der Waals surface area contributed by atoms with E-state index < -0.39 is 11.6 Å². The molecular formula is C30H48F2N2. The Bertz CT molecular complexity index is 1010. The Labute approximate surface area is 207 Å². The van der Waals surface area contributed by atoms with Gasteiger partial charge in [0.15, 0.2) is 11.6 Å². The van der Waals surface area contributed by atoms with Crippen LogP contribution in [-0.2, 0) is 0 Å². The van der Waals surface area contributed by atoms with Crippen molar-refractivity contribution in [1.82, 2.24) is 4.98 Å². The quantitative estimate of drug-likeness (QED) is 0.278. The molecule has 0 aliphatic heterocycles. The summed E-state index contributed by atoms with van der Waals surface area (Å²) >= 11 is 0. The van der Waals surface area contributed by atoms with Gasteiger partial charge in [-0.3, -0.25) is 4.99 Å². The van der Waals surface area contributed by atoms with Crippen LogP contribution in [0.25, 0.3) is 22.5 Å². The van der Waals surface area contributed by atoms with Crippen molar-refractivity contribution in [3.63, 3.8) is 0 Å². The SMILES string of the molecule is C.CC/C(C)=c1\cc(-c2ccc(F)c(F)c2)[nH]\c1=C(/C)N=C(C)C.CCCCCCC(C)CC. The van der Waals surface area contributed by atoms with Gasteiger partial charge in [0.05, 0.1) is 11.0 Å². The van der Waals surface area contributed by atoms with Gasteiger partial charge in [-0.15, -0.1) is 0 Å². The number of hydrogen-bond acceptors (Lipinski definition) is 1. The second-order valence-electron chi connectivity index (χ2n) is 9.24. The molecule has 2 nitrogen and oxygen atoms in total. The summed E-state index contributed by atoms with van der Waals surface area (Å²) in [6, 6.07) is 5.90. The standard InChI is InChI=1S/C19H22F2N2.C10H22.CH4/c1-6-12(4)15-10-18(14-7-8-16(20)17(21)9-14)23-19(15)13(5)22-11(2)3;1-4-6-7-8-9-10(3)5-2;/h7-10,23H,6H2,1-5H3;10H,4-9H2,1-3H3;1H4/b15-12+,19-13+;;. The lowest BCUT2D eigenvalue weighted by molar-refractivity contribution is 0.477. The van der Waals surface area contributed by atoms with Crippen LogP contribution in [0.4, 0.5) is 8.78 Å². The third kappa shape index (κ3) is 10.4. The third-order valence-electron chi connectivity index (χ3n) is 6.04. The Hall–Kier alpha value is -2.23. The molecule has 0 amide bonds.